The molecule has 4 rings (SSSR count). The van der Waals surface area contributed by atoms with Crippen LogP contribution >= 0.6 is 15.9 Å². The van der Waals surface area contributed by atoms with Gasteiger partial charge in [0.2, 0.25) is 5.91 Å². The molecular weight excluding hydrogens is 466 g/mol. The van der Waals surface area contributed by atoms with Crippen molar-refractivity contribution >= 4 is 27.7 Å². The number of carbonyl (C=O) groups is 2. The molecule has 2 unspecified atom stereocenters. The molecule has 2 aromatic rings. The molecule has 170 valence electrons. The summed E-state index contributed by atoms with van der Waals surface area (Å²) in [7, 11) is 0. The van der Waals surface area contributed by atoms with E-state index in [4.69, 9.17) is 0 Å². The second-order valence-electron chi connectivity index (χ2n) is 9.18. The van der Waals surface area contributed by atoms with E-state index >= 15 is 0 Å². The summed E-state index contributed by atoms with van der Waals surface area (Å²) >= 11 is 3.40. The second kappa shape index (κ2) is 10.6. The molecule has 0 radical (unpaired) electrons. The van der Waals surface area contributed by atoms with Gasteiger partial charge in [-0.25, -0.2) is 0 Å². The first-order chi connectivity index (χ1) is 15.5. The van der Waals surface area contributed by atoms with Gasteiger partial charge in [-0.2, -0.15) is 0 Å². The van der Waals surface area contributed by atoms with Gasteiger partial charge in [0.25, 0.3) is 5.91 Å². The molecule has 0 aromatic heterocycles. The van der Waals surface area contributed by atoms with Crippen LogP contribution in [0.5, 0.6) is 0 Å². The maximum atomic E-state index is 12.9. The number of amides is 2. The van der Waals surface area contributed by atoms with E-state index in [2.05, 4.69) is 57.3 Å². The highest BCUT2D eigenvalue weighted by molar-refractivity contribution is 9.10. The first-order valence-electron chi connectivity index (χ1n) is 11.6. The Bertz CT molecular complexity index is 929. The fourth-order valence-electron chi connectivity index (χ4n) is 4.80. The van der Waals surface area contributed by atoms with Crippen LogP contribution in [0, 0.1) is 5.92 Å². The molecule has 2 atom stereocenters. The Hall–Kier alpha value is -2.18. The standard InChI is InChI=1S/C26H32BrN3O2/c1-19-4-2-14-29(17-19)18-21-8-6-20(7-9-21)16-28-25(31)24-5-3-15-30(24)26(32)22-10-12-23(27)13-11-22/h6-13,19,24H,2-5,14-18H2,1H3,(H,28,31). The van der Waals surface area contributed by atoms with Crippen molar-refractivity contribution in [2.45, 2.75) is 51.7 Å². The van der Waals surface area contributed by atoms with Crippen LogP contribution in [0.15, 0.2) is 53.0 Å². The van der Waals surface area contributed by atoms with Gasteiger partial charge in [0, 0.05) is 36.2 Å². The summed E-state index contributed by atoms with van der Waals surface area (Å²) in [4.78, 5) is 30.0. The second-order valence-corrected chi connectivity index (χ2v) is 10.1. The summed E-state index contributed by atoms with van der Waals surface area (Å²) in [5.74, 6) is 0.634. The largest absolute Gasteiger partial charge is 0.350 e. The summed E-state index contributed by atoms with van der Waals surface area (Å²) in [5, 5.41) is 3.04. The number of piperidine rings is 1. The predicted octanol–water partition coefficient (Wildman–Crippen LogP) is 4.60. The zero-order valence-electron chi connectivity index (χ0n) is 18.7. The molecule has 2 amide bonds. The molecule has 0 spiro atoms. The zero-order valence-corrected chi connectivity index (χ0v) is 20.3. The molecule has 2 aromatic carbocycles. The minimum absolute atomic E-state index is 0.0701. The van der Waals surface area contributed by atoms with Gasteiger partial charge in [0.1, 0.15) is 6.04 Å². The smallest absolute Gasteiger partial charge is 0.254 e. The summed E-state index contributed by atoms with van der Waals surface area (Å²) in [6.45, 7) is 6.78. The van der Waals surface area contributed by atoms with Crippen LogP contribution in [0.25, 0.3) is 0 Å². The average molecular weight is 498 g/mol. The third-order valence-electron chi connectivity index (χ3n) is 6.54. The van der Waals surface area contributed by atoms with Crippen molar-refractivity contribution in [3.05, 3.63) is 69.7 Å². The van der Waals surface area contributed by atoms with E-state index in [1.54, 1.807) is 17.0 Å². The lowest BCUT2D eigenvalue weighted by Gasteiger charge is -2.30. The number of likely N-dealkylation sites (tertiary alicyclic amines) is 2. The lowest BCUT2D eigenvalue weighted by molar-refractivity contribution is -0.125. The molecule has 2 saturated heterocycles. The first kappa shape index (κ1) is 23.0. The Balaban J connectivity index is 1.29. The Labute approximate surface area is 199 Å². The highest BCUT2D eigenvalue weighted by atomic mass is 79.9. The zero-order chi connectivity index (χ0) is 22.5. The van der Waals surface area contributed by atoms with Gasteiger partial charge < -0.3 is 10.2 Å². The van der Waals surface area contributed by atoms with Gasteiger partial charge in [-0.05, 0) is 73.5 Å². The number of hydrogen-bond donors (Lipinski definition) is 1. The number of benzene rings is 2. The maximum Gasteiger partial charge on any atom is 0.254 e. The normalized spacial score (nSPS) is 21.5. The van der Waals surface area contributed by atoms with Gasteiger partial charge in [0.05, 0.1) is 0 Å². The SMILES string of the molecule is CC1CCCN(Cc2ccc(CNC(=O)C3CCCN3C(=O)c3ccc(Br)cc3)cc2)C1. The molecule has 0 bridgehead atoms. The van der Waals surface area contributed by atoms with E-state index in [0.717, 1.165) is 28.9 Å². The molecule has 6 heteroatoms. The van der Waals surface area contributed by atoms with Crippen molar-refractivity contribution < 1.29 is 9.59 Å². The van der Waals surface area contributed by atoms with E-state index in [1.807, 2.05) is 12.1 Å². The summed E-state index contributed by atoms with van der Waals surface area (Å²) in [6.07, 6.45) is 4.18. The van der Waals surface area contributed by atoms with Crippen LogP contribution in [0.3, 0.4) is 0 Å². The highest BCUT2D eigenvalue weighted by Crippen LogP contribution is 2.22. The molecule has 1 N–H and O–H groups in total. The number of nitrogens with zero attached hydrogens (tertiary/aromatic N) is 2. The topological polar surface area (TPSA) is 52.7 Å². The lowest BCUT2D eigenvalue weighted by Crippen LogP contribution is -2.45. The number of carbonyl (C=O) groups excluding carboxylic acids is 2. The molecule has 2 fully saturated rings. The molecule has 2 aliphatic rings. The van der Waals surface area contributed by atoms with Gasteiger partial charge in [-0.3, -0.25) is 14.5 Å². The monoisotopic (exact) mass is 497 g/mol. The van der Waals surface area contributed by atoms with Gasteiger partial charge in [-0.15, -0.1) is 0 Å². The van der Waals surface area contributed by atoms with Crippen molar-refractivity contribution in [3.8, 4) is 0 Å². The molecular formula is C26H32BrN3O2. The summed E-state index contributed by atoms with van der Waals surface area (Å²) in [5.41, 5.74) is 3.01. The highest BCUT2D eigenvalue weighted by Gasteiger charge is 2.34. The first-order valence-corrected chi connectivity index (χ1v) is 12.4. The number of hydrogen-bond acceptors (Lipinski definition) is 3. The number of halogens is 1. The van der Waals surface area contributed by atoms with Gasteiger partial charge >= 0.3 is 0 Å². The van der Waals surface area contributed by atoms with Gasteiger partial charge in [0.15, 0.2) is 0 Å². The van der Waals surface area contributed by atoms with Crippen LogP contribution in [0.4, 0.5) is 0 Å². The third-order valence-corrected chi connectivity index (χ3v) is 7.07. The summed E-state index contributed by atoms with van der Waals surface area (Å²) in [6, 6.07) is 15.4. The number of rotatable bonds is 6. The van der Waals surface area contributed by atoms with E-state index < -0.39 is 6.04 Å². The molecule has 32 heavy (non-hydrogen) atoms. The van der Waals surface area contributed by atoms with E-state index in [9.17, 15) is 9.59 Å². The van der Waals surface area contributed by atoms with E-state index in [-0.39, 0.29) is 11.8 Å². The maximum absolute atomic E-state index is 12.9. The molecule has 0 saturated carbocycles. The van der Waals surface area contributed by atoms with E-state index in [0.29, 0.717) is 25.1 Å². The third kappa shape index (κ3) is 5.78. The van der Waals surface area contributed by atoms with Crippen LogP contribution in [0.1, 0.15) is 54.1 Å². The molecule has 0 aliphatic carbocycles. The summed E-state index contributed by atoms with van der Waals surface area (Å²) < 4.78 is 0.932. The van der Waals surface area contributed by atoms with Crippen LogP contribution in [-0.4, -0.2) is 47.3 Å². The predicted molar refractivity (Wildman–Crippen MR) is 130 cm³/mol. The van der Waals surface area contributed by atoms with Crippen LogP contribution in [0.2, 0.25) is 0 Å². The Kier molecular flexibility index (Phi) is 7.63. The molecule has 5 nitrogen and oxygen atoms in total. The van der Waals surface area contributed by atoms with Crippen molar-refractivity contribution in [2.75, 3.05) is 19.6 Å². The minimum Gasteiger partial charge on any atom is -0.350 e. The minimum atomic E-state index is -0.397. The van der Waals surface area contributed by atoms with Crippen molar-refractivity contribution in [3.63, 3.8) is 0 Å². The average Bonchev–Trinajstić information content (AvgIpc) is 3.29. The van der Waals surface area contributed by atoms with Gasteiger partial charge in [-0.1, -0.05) is 47.1 Å². The van der Waals surface area contributed by atoms with Crippen molar-refractivity contribution in [1.82, 2.24) is 15.1 Å². The van der Waals surface area contributed by atoms with Crippen molar-refractivity contribution in [1.29, 1.82) is 0 Å². The lowest BCUT2D eigenvalue weighted by atomic mass is 9.99. The Morgan fingerprint density at radius 3 is 2.38 bits per heavy atom. The Morgan fingerprint density at radius 2 is 1.66 bits per heavy atom. The van der Waals surface area contributed by atoms with Crippen LogP contribution in [-0.2, 0) is 17.9 Å². The quantitative estimate of drug-likeness (QED) is 0.634. The molecule has 2 aliphatic heterocycles. The fourth-order valence-corrected chi connectivity index (χ4v) is 5.06. The Morgan fingerprint density at radius 1 is 0.969 bits per heavy atom. The fraction of sp³-hybridized carbons (Fsp3) is 0.462. The number of nitrogens with one attached hydrogen (secondary N) is 1. The van der Waals surface area contributed by atoms with Crippen LogP contribution < -0.4 is 5.32 Å². The van der Waals surface area contributed by atoms with Crippen molar-refractivity contribution in [2.24, 2.45) is 5.92 Å². The molecule has 2 heterocycles. The van der Waals surface area contributed by atoms with E-state index in [1.165, 1.54) is 31.5 Å².